The van der Waals surface area contributed by atoms with E-state index in [2.05, 4.69) is 31.2 Å². The van der Waals surface area contributed by atoms with Gasteiger partial charge in [0.15, 0.2) is 0 Å². The van der Waals surface area contributed by atoms with Gasteiger partial charge in [-0.15, -0.1) is 0 Å². The van der Waals surface area contributed by atoms with E-state index in [0.717, 1.165) is 52.0 Å². The third kappa shape index (κ3) is 12.9. The zero-order chi connectivity index (χ0) is 50.8. The van der Waals surface area contributed by atoms with Gasteiger partial charge in [-0.25, -0.2) is 9.97 Å². The number of nitrogens with zero attached hydrogens (tertiary/aromatic N) is 6. The molecule has 6 atom stereocenters. The van der Waals surface area contributed by atoms with Gasteiger partial charge in [-0.1, -0.05) is 93.6 Å². The van der Waals surface area contributed by atoms with Crippen LogP contribution in [0.15, 0.2) is 72.8 Å². The summed E-state index contributed by atoms with van der Waals surface area (Å²) in [6, 6.07) is 13.0. The highest BCUT2D eigenvalue weighted by molar-refractivity contribution is 8.76. The summed E-state index contributed by atoms with van der Waals surface area (Å²) in [4.78, 5) is 152. The van der Waals surface area contributed by atoms with Crippen molar-refractivity contribution in [3.8, 4) is 0 Å². The summed E-state index contributed by atoms with van der Waals surface area (Å²) in [6.45, 7) is 1.68. The van der Waals surface area contributed by atoms with E-state index in [1.165, 1.54) is 54.2 Å². The zero-order valence-electron chi connectivity index (χ0n) is 39.0. The Morgan fingerprint density at radius 1 is 0.543 bits per heavy atom. The lowest BCUT2D eigenvalue weighted by molar-refractivity contribution is -0.145. The summed E-state index contributed by atoms with van der Waals surface area (Å²) in [6.07, 6.45) is 0. The Morgan fingerprint density at radius 2 is 0.914 bits per heavy atom. The standard InChI is InChI=1S/C46H52N10O10S4.2H2/c1-25-45(65)67-21-33(51-41(61)31-17-15-27-11-7-9-13-29(27)49-31)39(59)47-20-38(58)56(6)36-24-70-69-23-35(43(63)53(25)3)55(5)37(57)19-48-40(60)34(22-68-46(66)26(2)54(4)44(36)64)52-42(62)32-18-16-28-12-8-10-14-30(28)50-32;;/h7-18,25-26,33-36H,19-24H2,1-6H3,(H,47,59)(H,48,60)(H,51,61)(H,52,62);2*1H/t25-,26-,33+,34+,35-,36-;;/m0../s1/i;2*1+1. The molecule has 6 rings (SSSR count). The van der Waals surface area contributed by atoms with Crippen molar-refractivity contribution < 1.29 is 50.8 Å². The predicted molar refractivity (Wildman–Crippen MR) is 274 cm³/mol. The number of thioether (sulfide) groups is 2. The molecule has 2 fully saturated rings. The molecule has 2 aliphatic heterocycles. The van der Waals surface area contributed by atoms with E-state index < -0.39 is 107 Å². The number of hydrogen-bond acceptors (Lipinski definition) is 16. The van der Waals surface area contributed by atoms with Crippen LogP contribution < -0.4 is 21.3 Å². The zero-order valence-corrected chi connectivity index (χ0v) is 42.3. The molecule has 2 aliphatic rings. The molecule has 4 aromatic rings. The maximum absolute atomic E-state index is 14.4. The van der Waals surface area contributed by atoms with Gasteiger partial charge >= 0.3 is 0 Å². The fourth-order valence-electron chi connectivity index (χ4n) is 7.05. The van der Waals surface area contributed by atoms with Gasteiger partial charge in [-0.3, -0.25) is 47.9 Å². The van der Waals surface area contributed by atoms with Crippen LogP contribution in [0.4, 0.5) is 0 Å². The smallest absolute Gasteiger partial charge is 0.270 e. The molecular weight excluding hydrogens is 981 g/mol. The number of pyridine rings is 2. The number of fused-ring (bicyclic) bond motifs is 7. The molecule has 70 heavy (non-hydrogen) atoms. The fraction of sp³-hybridized carbons (Fsp3) is 0.391. The van der Waals surface area contributed by atoms with Crippen LogP contribution in [-0.2, 0) is 38.4 Å². The van der Waals surface area contributed by atoms with Crippen LogP contribution in [0.3, 0.4) is 0 Å². The first-order valence-electron chi connectivity index (χ1n) is 21.9. The van der Waals surface area contributed by atoms with Crippen molar-refractivity contribution in [3.63, 3.8) is 0 Å². The van der Waals surface area contributed by atoms with Crippen molar-refractivity contribution in [1.82, 2.24) is 50.8 Å². The SMILES string of the molecule is C[C@H]1C(=O)SC[C@@H](NC(=O)c2ccc3ccccc3n2)C(=O)NCC(=O)N(C)[C@H]2CSSC[C@@H](C(=O)N1C)N(C)C(=O)CNC(=O)[C@H](NC(=O)c1ccc3ccccc3n1)CSC(=O)[C@H](C)N(C)C2=O.[2HH].[2HH]. The number of amides is 8. The van der Waals surface area contributed by atoms with Crippen molar-refractivity contribution in [2.45, 2.75) is 50.1 Å². The molecule has 24 heteroatoms. The van der Waals surface area contributed by atoms with Crippen LogP contribution in [0.25, 0.3) is 21.8 Å². The lowest BCUT2D eigenvalue weighted by Crippen LogP contribution is -2.56. The second kappa shape index (κ2) is 24.1. The van der Waals surface area contributed by atoms with Gasteiger partial charge in [0.05, 0.1) is 36.2 Å². The average Bonchev–Trinajstić information content (AvgIpc) is 3.37. The van der Waals surface area contributed by atoms with E-state index in [1.807, 2.05) is 24.3 Å². The number of benzene rings is 2. The molecule has 374 valence electrons. The first-order chi connectivity index (χ1) is 33.4. The number of aromatic nitrogens is 2. The Morgan fingerprint density at radius 3 is 1.30 bits per heavy atom. The largest absolute Gasteiger partial charge is 0.345 e. The summed E-state index contributed by atoms with van der Waals surface area (Å²) >= 11 is 1.33. The third-order valence-electron chi connectivity index (χ3n) is 11.9. The summed E-state index contributed by atoms with van der Waals surface area (Å²) in [5.41, 5.74) is 1.02. The summed E-state index contributed by atoms with van der Waals surface area (Å²) in [5.74, 6) is -6.70. The average molecular weight is 1040 g/mol. The molecule has 2 aromatic heterocycles. The molecule has 20 nitrogen and oxygen atoms in total. The van der Waals surface area contributed by atoms with E-state index in [-0.39, 0.29) is 37.3 Å². The molecule has 4 N–H and O–H groups in total. The lowest BCUT2D eigenvalue weighted by atomic mass is 10.2. The van der Waals surface area contributed by atoms with Crippen molar-refractivity contribution in [1.29, 1.82) is 0 Å². The van der Waals surface area contributed by atoms with Gasteiger partial charge in [0.2, 0.25) is 45.7 Å². The van der Waals surface area contributed by atoms with E-state index in [0.29, 0.717) is 34.6 Å². The maximum Gasteiger partial charge on any atom is 0.270 e. The van der Waals surface area contributed by atoms with E-state index in [4.69, 9.17) is 0 Å². The number of carbonyl (C=O) groups excluding carboxylic acids is 10. The molecule has 4 heterocycles. The number of para-hydroxylation sites is 2. The first-order valence-corrected chi connectivity index (χ1v) is 26.3. The first kappa shape index (κ1) is 53.1. The molecule has 0 radical (unpaired) electrons. The number of rotatable bonds is 4. The highest BCUT2D eigenvalue weighted by Gasteiger charge is 2.38. The normalized spacial score (nSPS) is 23.7. The Bertz CT molecular complexity index is 2550. The van der Waals surface area contributed by atoms with Crippen molar-refractivity contribution in [2.75, 3.05) is 64.3 Å². The van der Waals surface area contributed by atoms with Gasteiger partial charge in [0, 0.05) is 64.8 Å². The topological polar surface area (TPSA) is 258 Å². The number of nitrogens with one attached hydrogen (secondary N) is 4. The second-order valence-corrected chi connectivity index (χ2v) is 21.0. The Hall–Kier alpha value is -6.24. The van der Waals surface area contributed by atoms with Gasteiger partial charge in [-0.2, -0.15) is 0 Å². The minimum absolute atomic E-state index is 0. The Kier molecular flexibility index (Phi) is 18.3. The van der Waals surface area contributed by atoms with E-state index in [1.54, 1.807) is 36.4 Å². The lowest BCUT2D eigenvalue weighted by Gasteiger charge is -2.34. The summed E-state index contributed by atoms with van der Waals surface area (Å²) < 4.78 is 0. The molecule has 2 bridgehead atoms. The third-order valence-corrected chi connectivity index (χ3v) is 16.5. The summed E-state index contributed by atoms with van der Waals surface area (Å²) in [7, 11) is 7.69. The van der Waals surface area contributed by atoms with Crippen LogP contribution in [-0.4, -0.2) is 188 Å². The van der Waals surface area contributed by atoms with Crippen LogP contribution in [0.1, 0.15) is 37.7 Å². The maximum atomic E-state index is 14.4. The number of likely N-dealkylation sites (N-methyl/N-ethyl adjacent to an activating group) is 4. The Balaban J connectivity index is 0.00000562. The van der Waals surface area contributed by atoms with Crippen molar-refractivity contribution in [2.24, 2.45) is 0 Å². The minimum atomic E-state index is -1.40. The number of hydrogen-bond donors (Lipinski definition) is 4. The van der Waals surface area contributed by atoms with E-state index >= 15 is 0 Å². The predicted octanol–water partition coefficient (Wildman–Crippen LogP) is 1.68. The van der Waals surface area contributed by atoms with Gasteiger partial charge < -0.3 is 40.9 Å². The highest BCUT2D eigenvalue weighted by atomic mass is 33.1. The van der Waals surface area contributed by atoms with Crippen LogP contribution in [0.5, 0.6) is 0 Å². The highest BCUT2D eigenvalue weighted by Crippen LogP contribution is 2.28. The molecule has 0 saturated carbocycles. The van der Waals surface area contributed by atoms with E-state index in [9.17, 15) is 47.9 Å². The molecule has 0 spiro atoms. The van der Waals surface area contributed by atoms with Gasteiger partial charge in [-0.05, 0) is 38.1 Å². The second-order valence-electron chi connectivity index (χ2n) is 16.4. The monoisotopic (exact) mass is 1040 g/mol. The van der Waals surface area contributed by atoms with Crippen LogP contribution >= 0.6 is 45.1 Å². The molecule has 0 aliphatic carbocycles. The van der Waals surface area contributed by atoms with Crippen molar-refractivity contribution in [3.05, 3.63) is 84.2 Å². The van der Waals surface area contributed by atoms with Gasteiger partial charge in [0.1, 0.15) is 35.6 Å². The molecular formula is C46H56N10O10S4. The van der Waals surface area contributed by atoms with Crippen molar-refractivity contribution >= 4 is 124 Å². The Labute approximate surface area is 422 Å². The minimum Gasteiger partial charge on any atom is -0.345 e. The number of carbonyl (C=O) groups is 10. The molecule has 8 amide bonds. The summed E-state index contributed by atoms with van der Waals surface area (Å²) in [5, 5.41) is 10.7. The van der Waals surface area contributed by atoms with Gasteiger partial charge in [0.25, 0.3) is 11.8 Å². The van der Waals surface area contributed by atoms with Crippen LogP contribution in [0, 0.1) is 0 Å². The van der Waals surface area contributed by atoms with Crippen LogP contribution in [0.2, 0.25) is 0 Å². The molecule has 2 aromatic carbocycles. The quantitative estimate of drug-likeness (QED) is 0.212. The molecule has 2 saturated heterocycles. The fourth-order valence-corrected chi connectivity index (χ4v) is 11.5. The molecule has 0 unspecified atom stereocenters.